The summed E-state index contributed by atoms with van der Waals surface area (Å²) >= 11 is 0. The van der Waals surface area contributed by atoms with Gasteiger partial charge in [-0.25, -0.2) is 0 Å². The van der Waals surface area contributed by atoms with Gasteiger partial charge in [0.1, 0.15) is 5.75 Å². The lowest BCUT2D eigenvalue weighted by atomic mass is 10.1. The van der Waals surface area contributed by atoms with E-state index in [1.165, 1.54) is 0 Å². The number of nitrogens with zero attached hydrogens (tertiary/aromatic N) is 1. The minimum absolute atomic E-state index is 0.141. The number of amides is 1. The van der Waals surface area contributed by atoms with Crippen LogP contribution in [-0.2, 0) is 11.2 Å². The highest BCUT2D eigenvalue weighted by molar-refractivity contribution is 5.78. The summed E-state index contributed by atoms with van der Waals surface area (Å²) in [5.74, 6) is 0.956. The summed E-state index contributed by atoms with van der Waals surface area (Å²) < 4.78 is 5.05. The first-order chi connectivity index (χ1) is 7.17. The number of hydrogen-bond donors (Lipinski definition) is 0. The Morgan fingerprint density at radius 3 is 2.40 bits per heavy atom. The fourth-order valence-electron chi connectivity index (χ4n) is 1.23. The van der Waals surface area contributed by atoms with Crippen LogP contribution < -0.4 is 4.74 Å². The van der Waals surface area contributed by atoms with E-state index in [1.54, 1.807) is 12.0 Å². The number of benzene rings is 1. The van der Waals surface area contributed by atoms with E-state index < -0.39 is 0 Å². The third-order valence-corrected chi connectivity index (χ3v) is 2.41. The van der Waals surface area contributed by atoms with Gasteiger partial charge in [0.2, 0.25) is 5.91 Å². The molecule has 0 saturated heterocycles. The monoisotopic (exact) mass is 207 g/mol. The van der Waals surface area contributed by atoms with Gasteiger partial charge in [-0.2, -0.15) is 0 Å². The Kier molecular flexibility index (Phi) is 4.16. The molecule has 15 heavy (non-hydrogen) atoms. The number of carbonyl (C=O) groups excluding carboxylic acids is 1. The lowest BCUT2D eigenvalue weighted by Gasteiger charge is -2.14. The highest BCUT2D eigenvalue weighted by atomic mass is 16.5. The standard InChI is InChI=1S/C12H17NO2/c1-4-13(2)12(14)9-10-5-7-11(15-3)8-6-10/h5-8H,4,9H2,1-3H3. The summed E-state index contributed by atoms with van der Waals surface area (Å²) in [7, 11) is 3.44. The summed E-state index contributed by atoms with van der Waals surface area (Å²) in [4.78, 5) is 13.3. The Morgan fingerprint density at radius 1 is 1.33 bits per heavy atom. The molecule has 1 rings (SSSR count). The van der Waals surface area contributed by atoms with Crippen molar-refractivity contribution >= 4 is 5.91 Å². The van der Waals surface area contributed by atoms with E-state index in [0.29, 0.717) is 6.42 Å². The lowest BCUT2D eigenvalue weighted by Crippen LogP contribution is -2.27. The van der Waals surface area contributed by atoms with Gasteiger partial charge in [-0.1, -0.05) is 12.1 Å². The Morgan fingerprint density at radius 2 is 1.93 bits per heavy atom. The minimum atomic E-state index is 0.141. The Labute approximate surface area is 90.7 Å². The molecule has 0 saturated carbocycles. The van der Waals surface area contributed by atoms with Crippen LogP contribution in [0.5, 0.6) is 5.75 Å². The molecule has 0 bridgehead atoms. The molecular weight excluding hydrogens is 190 g/mol. The van der Waals surface area contributed by atoms with Crippen molar-refractivity contribution in [1.29, 1.82) is 0 Å². The molecule has 0 aliphatic heterocycles. The maximum absolute atomic E-state index is 11.6. The zero-order valence-corrected chi connectivity index (χ0v) is 9.49. The van der Waals surface area contributed by atoms with Crippen molar-refractivity contribution in [3.63, 3.8) is 0 Å². The van der Waals surface area contributed by atoms with Crippen LogP contribution in [0.15, 0.2) is 24.3 Å². The normalized spacial score (nSPS) is 9.80. The summed E-state index contributed by atoms with van der Waals surface area (Å²) in [6.07, 6.45) is 0.453. The third kappa shape index (κ3) is 3.27. The van der Waals surface area contributed by atoms with Gasteiger partial charge in [0, 0.05) is 13.6 Å². The van der Waals surface area contributed by atoms with E-state index in [0.717, 1.165) is 17.9 Å². The largest absolute Gasteiger partial charge is 0.497 e. The van der Waals surface area contributed by atoms with Crippen molar-refractivity contribution in [3.8, 4) is 5.75 Å². The smallest absolute Gasteiger partial charge is 0.226 e. The first kappa shape index (κ1) is 11.6. The van der Waals surface area contributed by atoms with Crippen LogP contribution in [0.25, 0.3) is 0 Å². The van der Waals surface area contributed by atoms with Gasteiger partial charge in [-0.3, -0.25) is 4.79 Å². The molecule has 0 unspecified atom stereocenters. The van der Waals surface area contributed by atoms with Gasteiger partial charge < -0.3 is 9.64 Å². The lowest BCUT2D eigenvalue weighted by molar-refractivity contribution is -0.128. The molecule has 0 aliphatic rings. The molecule has 1 amide bonds. The number of likely N-dealkylation sites (N-methyl/N-ethyl adjacent to an activating group) is 1. The molecule has 0 atom stereocenters. The van der Waals surface area contributed by atoms with Gasteiger partial charge in [0.15, 0.2) is 0 Å². The maximum atomic E-state index is 11.6. The average Bonchev–Trinajstić information content (AvgIpc) is 2.29. The summed E-state index contributed by atoms with van der Waals surface area (Å²) in [6.45, 7) is 2.71. The van der Waals surface area contributed by atoms with E-state index in [-0.39, 0.29) is 5.91 Å². The average molecular weight is 207 g/mol. The topological polar surface area (TPSA) is 29.5 Å². The van der Waals surface area contributed by atoms with Crippen LogP contribution in [0.1, 0.15) is 12.5 Å². The molecule has 0 heterocycles. The summed E-state index contributed by atoms with van der Waals surface area (Å²) in [5.41, 5.74) is 1.01. The van der Waals surface area contributed by atoms with Crippen LogP contribution in [0.3, 0.4) is 0 Å². The number of methoxy groups -OCH3 is 1. The zero-order valence-electron chi connectivity index (χ0n) is 9.49. The zero-order chi connectivity index (χ0) is 11.3. The molecule has 1 aromatic rings. The third-order valence-electron chi connectivity index (χ3n) is 2.41. The van der Waals surface area contributed by atoms with Crippen molar-refractivity contribution in [2.75, 3.05) is 20.7 Å². The SMILES string of the molecule is CCN(C)C(=O)Cc1ccc(OC)cc1. The number of carbonyl (C=O) groups is 1. The van der Waals surface area contributed by atoms with Gasteiger partial charge >= 0.3 is 0 Å². The van der Waals surface area contributed by atoms with Crippen molar-refractivity contribution in [2.45, 2.75) is 13.3 Å². The first-order valence-electron chi connectivity index (χ1n) is 5.04. The van der Waals surface area contributed by atoms with E-state index in [2.05, 4.69) is 0 Å². The van der Waals surface area contributed by atoms with E-state index in [9.17, 15) is 4.79 Å². The number of ether oxygens (including phenoxy) is 1. The van der Waals surface area contributed by atoms with E-state index in [1.807, 2.05) is 38.2 Å². The van der Waals surface area contributed by atoms with Crippen molar-refractivity contribution in [3.05, 3.63) is 29.8 Å². The molecule has 3 heteroatoms. The van der Waals surface area contributed by atoms with Crippen molar-refractivity contribution < 1.29 is 9.53 Å². The van der Waals surface area contributed by atoms with E-state index >= 15 is 0 Å². The second kappa shape index (κ2) is 5.39. The van der Waals surface area contributed by atoms with Gasteiger partial charge in [-0.05, 0) is 24.6 Å². The van der Waals surface area contributed by atoms with Gasteiger partial charge in [0.25, 0.3) is 0 Å². The summed E-state index contributed by atoms with van der Waals surface area (Å²) in [6, 6.07) is 7.57. The maximum Gasteiger partial charge on any atom is 0.226 e. The molecule has 3 nitrogen and oxygen atoms in total. The van der Waals surface area contributed by atoms with Crippen LogP contribution in [0.4, 0.5) is 0 Å². The number of rotatable bonds is 4. The predicted octanol–water partition coefficient (Wildman–Crippen LogP) is 1.72. The molecular formula is C12H17NO2. The fraction of sp³-hybridized carbons (Fsp3) is 0.417. The molecule has 0 aliphatic carbocycles. The quantitative estimate of drug-likeness (QED) is 0.752. The second-order valence-corrected chi connectivity index (χ2v) is 3.43. The van der Waals surface area contributed by atoms with E-state index in [4.69, 9.17) is 4.74 Å². The van der Waals surface area contributed by atoms with Gasteiger partial charge in [-0.15, -0.1) is 0 Å². The van der Waals surface area contributed by atoms with Crippen LogP contribution in [0, 0.1) is 0 Å². The van der Waals surface area contributed by atoms with Crippen LogP contribution in [0.2, 0.25) is 0 Å². The highest BCUT2D eigenvalue weighted by Gasteiger charge is 2.07. The van der Waals surface area contributed by atoms with Crippen molar-refractivity contribution in [2.24, 2.45) is 0 Å². The molecule has 0 fully saturated rings. The Bertz CT molecular complexity index is 319. The fourth-order valence-corrected chi connectivity index (χ4v) is 1.23. The Hall–Kier alpha value is -1.51. The first-order valence-corrected chi connectivity index (χ1v) is 5.04. The second-order valence-electron chi connectivity index (χ2n) is 3.43. The molecule has 0 aromatic heterocycles. The molecule has 1 aromatic carbocycles. The van der Waals surface area contributed by atoms with Crippen molar-refractivity contribution in [1.82, 2.24) is 4.90 Å². The predicted molar refractivity (Wildman–Crippen MR) is 60.0 cm³/mol. The van der Waals surface area contributed by atoms with Gasteiger partial charge in [0.05, 0.1) is 13.5 Å². The highest BCUT2D eigenvalue weighted by Crippen LogP contribution is 2.12. The molecule has 0 N–H and O–H groups in total. The van der Waals surface area contributed by atoms with Crippen LogP contribution in [-0.4, -0.2) is 31.5 Å². The van der Waals surface area contributed by atoms with Crippen LogP contribution >= 0.6 is 0 Å². The molecule has 0 radical (unpaired) electrons. The minimum Gasteiger partial charge on any atom is -0.497 e. The summed E-state index contributed by atoms with van der Waals surface area (Å²) in [5, 5.41) is 0. The molecule has 0 spiro atoms. The number of hydrogen-bond acceptors (Lipinski definition) is 2. The Balaban J connectivity index is 2.61. The molecule has 82 valence electrons.